The third kappa shape index (κ3) is 5.80. The average Bonchev–Trinajstić information content (AvgIpc) is 3.68. The topological polar surface area (TPSA) is 123 Å². The van der Waals surface area contributed by atoms with E-state index < -0.39 is 0 Å². The first-order chi connectivity index (χ1) is 21.5. The number of piperidine rings is 2. The second kappa shape index (κ2) is 12.4. The Morgan fingerprint density at radius 3 is 2.36 bits per heavy atom. The summed E-state index contributed by atoms with van der Waals surface area (Å²) in [5.41, 5.74) is 11.5. The van der Waals surface area contributed by atoms with Crippen LogP contribution in [0.15, 0.2) is 69.5 Å². The van der Waals surface area contributed by atoms with Crippen LogP contribution < -0.4 is 26.2 Å². The standard InChI is InChI=1S/C33H38IN7O3/c1-2-42-30-18-21(17-24(35)31(30)34)20-39-14-11-22(12-15-39)27-19-23(41(36)33-38-26-8-4-6-10-29(26)44-33)13-16-40(27)32-37-25-7-3-5-9-28(25)43-32/h3-10,17-18,22-23,27H,2,11-16,19-20,35-36H2,1H3. The number of hydrogen-bond acceptors (Lipinski definition) is 10. The van der Waals surface area contributed by atoms with Crippen molar-refractivity contribution in [2.45, 2.75) is 51.2 Å². The fraction of sp³-hybridized carbons (Fsp3) is 0.394. The van der Waals surface area contributed by atoms with Gasteiger partial charge in [-0.15, -0.1) is 0 Å². The third-order valence-corrected chi connectivity index (χ3v) is 10.2. The minimum atomic E-state index is 0.0819. The van der Waals surface area contributed by atoms with E-state index in [-0.39, 0.29) is 12.1 Å². The van der Waals surface area contributed by atoms with E-state index in [1.165, 1.54) is 5.56 Å². The summed E-state index contributed by atoms with van der Waals surface area (Å²) in [7, 11) is 0. The molecule has 4 heterocycles. The molecule has 5 aromatic rings. The quantitative estimate of drug-likeness (QED) is 0.0837. The minimum Gasteiger partial charge on any atom is -0.493 e. The van der Waals surface area contributed by atoms with Crippen molar-refractivity contribution in [1.29, 1.82) is 0 Å². The van der Waals surface area contributed by atoms with Gasteiger partial charge in [0.15, 0.2) is 11.2 Å². The summed E-state index contributed by atoms with van der Waals surface area (Å²) in [4.78, 5) is 14.5. The van der Waals surface area contributed by atoms with Crippen LogP contribution in [0, 0.1) is 9.49 Å². The molecular formula is C33H38IN7O3. The fourth-order valence-corrected chi connectivity index (χ4v) is 7.28. The van der Waals surface area contributed by atoms with Gasteiger partial charge < -0.3 is 24.2 Å². The number of nitrogen functional groups attached to an aromatic ring is 1. The van der Waals surface area contributed by atoms with Crippen molar-refractivity contribution in [3.05, 3.63) is 69.8 Å². The Morgan fingerprint density at radius 2 is 1.66 bits per heavy atom. The molecule has 0 radical (unpaired) electrons. The van der Waals surface area contributed by atoms with Gasteiger partial charge in [-0.2, -0.15) is 9.97 Å². The number of oxazole rings is 2. The maximum absolute atomic E-state index is 6.73. The molecule has 7 rings (SSSR count). The monoisotopic (exact) mass is 707 g/mol. The van der Waals surface area contributed by atoms with E-state index in [0.29, 0.717) is 24.6 Å². The van der Waals surface area contributed by atoms with Gasteiger partial charge in [-0.1, -0.05) is 24.3 Å². The molecule has 0 saturated carbocycles. The Hall–Kier alpha value is -3.55. The highest BCUT2D eigenvalue weighted by Gasteiger charge is 2.40. The van der Waals surface area contributed by atoms with Crippen molar-refractivity contribution in [2.24, 2.45) is 11.8 Å². The predicted molar refractivity (Wildman–Crippen MR) is 182 cm³/mol. The van der Waals surface area contributed by atoms with Gasteiger partial charge in [0.25, 0.3) is 6.01 Å². The Balaban J connectivity index is 1.09. The first-order valence-electron chi connectivity index (χ1n) is 15.4. The molecule has 10 nitrogen and oxygen atoms in total. The van der Waals surface area contributed by atoms with Crippen LogP contribution in [0.1, 0.15) is 38.2 Å². The van der Waals surface area contributed by atoms with Gasteiger partial charge in [-0.05, 0) is 116 Å². The van der Waals surface area contributed by atoms with Crippen LogP contribution in [0.25, 0.3) is 22.2 Å². The fourth-order valence-electron chi connectivity index (χ4n) is 6.81. The van der Waals surface area contributed by atoms with Crippen LogP contribution in [0.5, 0.6) is 5.75 Å². The number of aromatic nitrogens is 2. The largest absolute Gasteiger partial charge is 0.493 e. The summed E-state index contributed by atoms with van der Waals surface area (Å²) in [6.45, 7) is 6.26. The number of rotatable bonds is 8. The SMILES string of the molecule is CCOc1cc(CN2CCC(C3CC(N(N)c4nc5ccccc5o4)CCN3c3nc4ccccc4o3)CC2)cc(N)c1I. The van der Waals surface area contributed by atoms with Crippen LogP contribution in [0.3, 0.4) is 0 Å². The van der Waals surface area contributed by atoms with Crippen molar-refractivity contribution >= 4 is 62.5 Å². The minimum absolute atomic E-state index is 0.0819. The summed E-state index contributed by atoms with van der Waals surface area (Å²) in [6, 6.07) is 21.4. The van der Waals surface area contributed by atoms with Crippen molar-refractivity contribution in [1.82, 2.24) is 14.9 Å². The molecule has 2 saturated heterocycles. The number of likely N-dealkylation sites (tertiary alicyclic amines) is 1. The predicted octanol–water partition coefficient (Wildman–Crippen LogP) is 6.18. The summed E-state index contributed by atoms with van der Waals surface area (Å²) in [5.74, 6) is 8.05. The number of fused-ring (bicyclic) bond motifs is 2. The number of benzene rings is 3. The number of anilines is 3. The highest BCUT2D eigenvalue weighted by atomic mass is 127. The smallest absolute Gasteiger partial charge is 0.313 e. The number of hydrazine groups is 1. The molecule has 2 atom stereocenters. The summed E-state index contributed by atoms with van der Waals surface area (Å²) in [5, 5.41) is 1.74. The lowest BCUT2D eigenvalue weighted by atomic mass is 9.82. The Bertz CT molecular complexity index is 1680. The number of para-hydroxylation sites is 4. The van der Waals surface area contributed by atoms with E-state index in [1.807, 2.05) is 55.5 Å². The van der Waals surface area contributed by atoms with Crippen molar-refractivity contribution in [3.8, 4) is 5.75 Å². The Labute approximate surface area is 270 Å². The van der Waals surface area contributed by atoms with Gasteiger partial charge in [0.2, 0.25) is 0 Å². The van der Waals surface area contributed by atoms with E-state index in [1.54, 1.807) is 5.01 Å². The molecular weight excluding hydrogens is 669 g/mol. The zero-order valence-electron chi connectivity index (χ0n) is 24.9. The maximum atomic E-state index is 6.73. The second-order valence-corrected chi connectivity index (χ2v) is 12.9. The van der Waals surface area contributed by atoms with E-state index >= 15 is 0 Å². The lowest BCUT2D eigenvalue weighted by molar-refractivity contribution is 0.146. The van der Waals surface area contributed by atoms with Crippen LogP contribution in [0.2, 0.25) is 0 Å². The molecule has 3 aromatic carbocycles. The highest BCUT2D eigenvalue weighted by Crippen LogP contribution is 2.37. The lowest BCUT2D eigenvalue weighted by Crippen LogP contribution is -2.56. The number of ether oxygens (including phenoxy) is 1. The van der Waals surface area contributed by atoms with Crippen LogP contribution in [-0.4, -0.2) is 53.2 Å². The number of hydrogen-bond donors (Lipinski definition) is 2. The Morgan fingerprint density at radius 1 is 0.955 bits per heavy atom. The van der Waals surface area contributed by atoms with Gasteiger partial charge in [0, 0.05) is 24.8 Å². The van der Waals surface area contributed by atoms with E-state index in [0.717, 1.165) is 89.1 Å². The summed E-state index contributed by atoms with van der Waals surface area (Å²) >= 11 is 2.26. The van der Waals surface area contributed by atoms with Crippen LogP contribution in [-0.2, 0) is 6.54 Å². The molecule has 2 aliphatic heterocycles. The number of nitrogens with zero attached hydrogens (tertiary/aromatic N) is 5. The molecule has 0 bridgehead atoms. The van der Waals surface area contributed by atoms with Gasteiger partial charge in [0.05, 0.1) is 16.2 Å². The molecule has 2 unspecified atom stereocenters. The summed E-state index contributed by atoms with van der Waals surface area (Å²) in [6.07, 6.45) is 3.85. The van der Waals surface area contributed by atoms with Crippen LogP contribution >= 0.6 is 22.6 Å². The van der Waals surface area contributed by atoms with Crippen LogP contribution in [0.4, 0.5) is 17.7 Å². The van der Waals surface area contributed by atoms with E-state index in [2.05, 4.69) is 49.5 Å². The van der Waals surface area contributed by atoms with E-state index in [9.17, 15) is 0 Å². The molecule has 2 aromatic heterocycles. The normalized spacial score (nSPS) is 20.0. The van der Waals surface area contributed by atoms with Crippen molar-refractivity contribution in [2.75, 3.05) is 41.9 Å². The number of halogens is 1. The molecule has 11 heteroatoms. The van der Waals surface area contributed by atoms with Gasteiger partial charge >= 0.3 is 6.01 Å². The first kappa shape index (κ1) is 29.2. The van der Waals surface area contributed by atoms with Crippen molar-refractivity contribution < 1.29 is 13.6 Å². The summed E-state index contributed by atoms with van der Waals surface area (Å²) < 4.78 is 19.2. The Kier molecular flexibility index (Phi) is 8.25. The van der Waals surface area contributed by atoms with Gasteiger partial charge in [-0.25, -0.2) is 5.84 Å². The average molecular weight is 708 g/mol. The number of nitrogens with two attached hydrogens (primary N) is 2. The lowest BCUT2D eigenvalue weighted by Gasteiger charge is -2.46. The van der Waals surface area contributed by atoms with E-state index in [4.69, 9.17) is 30.1 Å². The molecule has 0 aliphatic carbocycles. The van der Waals surface area contributed by atoms with Gasteiger partial charge in [-0.3, -0.25) is 9.91 Å². The molecule has 4 N–H and O–H groups in total. The maximum Gasteiger partial charge on any atom is 0.313 e. The molecule has 0 amide bonds. The molecule has 0 spiro atoms. The first-order valence-corrected chi connectivity index (χ1v) is 16.5. The zero-order chi connectivity index (χ0) is 30.2. The molecule has 230 valence electrons. The zero-order valence-corrected chi connectivity index (χ0v) is 27.0. The van der Waals surface area contributed by atoms with Gasteiger partial charge in [0.1, 0.15) is 16.8 Å². The highest BCUT2D eigenvalue weighted by molar-refractivity contribution is 14.1. The second-order valence-electron chi connectivity index (χ2n) is 11.8. The molecule has 2 fully saturated rings. The molecule has 44 heavy (non-hydrogen) atoms. The van der Waals surface area contributed by atoms with Crippen molar-refractivity contribution in [3.63, 3.8) is 0 Å². The third-order valence-electron chi connectivity index (χ3n) is 9.05. The molecule has 2 aliphatic rings.